The van der Waals surface area contributed by atoms with Crippen LogP contribution >= 0.6 is 35.0 Å². The lowest BCUT2D eigenvalue weighted by Gasteiger charge is -2.39. The maximum atomic E-state index is 13.7. The van der Waals surface area contributed by atoms with Gasteiger partial charge >= 0.3 is 0 Å². The van der Waals surface area contributed by atoms with Gasteiger partial charge in [-0.2, -0.15) is 0 Å². The normalized spacial score (nSPS) is 23.5. The first kappa shape index (κ1) is 23.4. The van der Waals surface area contributed by atoms with Crippen molar-refractivity contribution in [2.75, 3.05) is 0 Å². The summed E-state index contributed by atoms with van der Waals surface area (Å²) in [4.78, 5) is 0.934. The van der Waals surface area contributed by atoms with Crippen molar-refractivity contribution in [1.29, 1.82) is 0 Å². The summed E-state index contributed by atoms with van der Waals surface area (Å²) >= 11 is 13.7. The van der Waals surface area contributed by atoms with Gasteiger partial charge in [0.25, 0.3) is 0 Å². The van der Waals surface area contributed by atoms with Gasteiger partial charge in [0, 0.05) is 22.8 Å². The van der Waals surface area contributed by atoms with Gasteiger partial charge < -0.3 is 4.74 Å². The second-order valence-electron chi connectivity index (χ2n) is 7.71. The molecule has 10 heteroatoms. The zero-order chi connectivity index (χ0) is 23.0. The number of hydrogen-bond donors (Lipinski definition) is 0. The molecule has 0 unspecified atom stereocenters. The molecule has 0 bridgehead atoms. The molecule has 4 nitrogen and oxygen atoms in total. The van der Waals surface area contributed by atoms with Crippen LogP contribution < -0.4 is 0 Å². The van der Waals surface area contributed by atoms with Crippen molar-refractivity contribution in [3.05, 3.63) is 64.0 Å². The third-order valence-corrected chi connectivity index (χ3v) is 7.48. The molecule has 4 rings (SSSR count). The Kier molecular flexibility index (Phi) is 7.05. The van der Waals surface area contributed by atoms with Crippen LogP contribution in [0.15, 0.2) is 41.4 Å². The Morgan fingerprint density at radius 2 is 1.84 bits per heavy atom. The van der Waals surface area contributed by atoms with Crippen LogP contribution in [0.25, 0.3) is 11.3 Å². The topological polar surface area (TPSA) is 39.9 Å². The molecule has 1 aromatic heterocycles. The van der Waals surface area contributed by atoms with E-state index in [1.165, 1.54) is 0 Å². The van der Waals surface area contributed by atoms with E-state index < -0.39 is 17.5 Å². The molecule has 0 amide bonds. The van der Waals surface area contributed by atoms with E-state index in [1.54, 1.807) is 34.8 Å². The average Bonchev–Trinajstić information content (AvgIpc) is 3.25. The van der Waals surface area contributed by atoms with E-state index in [4.69, 9.17) is 27.9 Å². The molecule has 1 fully saturated rings. The number of aromatic nitrogens is 3. The van der Waals surface area contributed by atoms with Gasteiger partial charge in [-0.25, -0.2) is 17.9 Å². The minimum atomic E-state index is -1.51. The summed E-state index contributed by atoms with van der Waals surface area (Å²) in [6, 6.07) is 7.22. The number of thioether (sulfide) groups is 1. The van der Waals surface area contributed by atoms with Gasteiger partial charge in [0.15, 0.2) is 17.5 Å². The van der Waals surface area contributed by atoms with Crippen molar-refractivity contribution in [1.82, 2.24) is 15.0 Å². The molecule has 1 aliphatic rings. The zero-order valence-electron chi connectivity index (χ0n) is 17.2. The van der Waals surface area contributed by atoms with Crippen molar-refractivity contribution < 1.29 is 17.9 Å². The summed E-state index contributed by atoms with van der Waals surface area (Å²) in [6.45, 7) is 4.14. The molecule has 2 aromatic carbocycles. The van der Waals surface area contributed by atoms with E-state index in [0.29, 0.717) is 16.5 Å². The summed E-state index contributed by atoms with van der Waals surface area (Å²) in [5.41, 5.74) is 0.233. The third kappa shape index (κ3) is 4.78. The van der Waals surface area contributed by atoms with Crippen molar-refractivity contribution in [2.24, 2.45) is 5.92 Å². The van der Waals surface area contributed by atoms with Crippen molar-refractivity contribution in [3.8, 4) is 11.3 Å². The lowest BCUT2D eigenvalue weighted by atomic mass is 9.89. The highest BCUT2D eigenvalue weighted by molar-refractivity contribution is 7.99. The Hall–Kier alpha value is -1.74. The van der Waals surface area contributed by atoms with E-state index in [2.05, 4.69) is 24.2 Å². The molecule has 32 heavy (non-hydrogen) atoms. The molecule has 2 heterocycles. The highest BCUT2D eigenvalue weighted by atomic mass is 35.5. The molecular formula is C22H20Cl2F3N3OS. The van der Waals surface area contributed by atoms with Gasteiger partial charge in [0.05, 0.1) is 28.4 Å². The number of ether oxygens (including phenoxy) is 1. The maximum absolute atomic E-state index is 13.7. The van der Waals surface area contributed by atoms with Gasteiger partial charge in [-0.1, -0.05) is 54.0 Å². The lowest BCUT2D eigenvalue weighted by Crippen LogP contribution is -2.39. The Balaban J connectivity index is 1.58. The van der Waals surface area contributed by atoms with Gasteiger partial charge in [-0.05, 0) is 36.8 Å². The third-order valence-electron chi connectivity index (χ3n) is 5.64. The van der Waals surface area contributed by atoms with Crippen LogP contribution in [0.3, 0.4) is 0 Å². The summed E-state index contributed by atoms with van der Waals surface area (Å²) < 4.78 is 48.6. The maximum Gasteiger partial charge on any atom is 0.194 e. The Morgan fingerprint density at radius 3 is 2.50 bits per heavy atom. The largest absolute Gasteiger partial charge is 0.364 e. The second kappa shape index (κ2) is 9.63. The predicted molar refractivity (Wildman–Crippen MR) is 119 cm³/mol. The molecule has 0 aliphatic carbocycles. The molecule has 0 N–H and O–H groups in total. The molecule has 1 saturated heterocycles. The highest BCUT2D eigenvalue weighted by Crippen LogP contribution is 2.42. The highest BCUT2D eigenvalue weighted by Gasteiger charge is 2.37. The van der Waals surface area contributed by atoms with Crippen molar-refractivity contribution in [3.63, 3.8) is 0 Å². The monoisotopic (exact) mass is 501 g/mol. The van der Waals surface area contributed by atoms with Crippen LogP contribution in [0.4, 0.5) is 13.2 Å². The zero-order valence-corrected chi connectivity index (χ0v) is 19.6. The first-order valence-corrected chi connectivity index (χ1v) is 11.7. The van der Waals surface area contributed by atoms with Gasteiger partial charge in [0.2, 0.25) is 0 Å². The standard InChI is InChI=1S/C22H20Cl2F3N3OS/c1-3-20-11(2)19(9-21(31-20)32-13-4-5-14(23)15(24)8-13)30-10-18(28-29-30)12-6-16(25)22(27)17(26)7-12/h4-8,10-11,19-21H,3,9H2,1-2H3/t11-,19+,20+,21+/m0/s1. The minimum absolute atomic E-state index is 0.0117. The Bertz CT molecular complexity index is 1110. The molecule has 170 valence electrons. The van der Waals surface area contributed by atoms with E-state index in [-0.39, 0.29) is 34.8 Å². The van der Waals surface area contributed by atoms with Crippen molar-refractivity contribution in [2.45, 2.75) is 49.2 Å². The quantitative estimate of drug-likeness (QED) is 0.347. The first-order chi connectivity index (χ1) is 15.3. The lowest BCUT2D eigenvalue weighted by molar-refractivity contribution is -0.0664. The fourth-order valence-electron chi connectivity index (χ4n) is 3.90. The Labute approximate surface area is 198 Å². The van der Waals surface area contributed by atoms with Gasteiger partial charge in [0.1, 0.15) is 11.1 Å². The molecule has 0 saturated carbocycles. The number of halogens is 5. The SMILES string of the molecule is CC[C@H]1O[C@H](Sc2ccc(Cl)c(Cl)c2)C[C@@H](n2cc(-c3cc(F)c(F)c(F)c3)nn2)[C@@H]1C. The van der Waals surface area contributed by atoms with Crippen molar-refractivity contribution >= 4 is 35.0 Å². The molecule has 4 atom stereocenters. The number of rotatable bonds is 5. The van der Waals surface area contributed by atoms with E-state index in [0.717, 1.165) is 23.4 Å². The van der Waals surface area contributed by atoms with Crippen LogP contribution in [0, 0.1) is 23.4 Å². The number of hydrogen-bond acceptors (Lipinski definition) is 4. The number of nitrogens with zero attached hydrogens (tertiary/aromatic N) is 3. The summed E-state index contributed by atoms with van der Waals surface area (Å²) in [6.07, 6.45) is 3.07. The summed E-state index contributed by atoms with van der Waals surface area (Å²) in [5.74, 6) is -3.91. The smallest absolute Gasteiger partial charge is 0.194 e. The number of benzene rings is 2. The van der Waals surface area contributed by atoms with E-state index >= 15 is 0 Å². The average molecular weight is 502 g/mol. The van der Waals surface area contributed by atoms with E-state index in [9.17, 15) is 13.2 Å². The summed E-state index contributed by atoms with van der Waals surface area (Å²) in [5, 5.41) is 9.24. The fourth-order valence-corrected chi connectivity index (χ4v) is 5.39. The van der Waals surface area contributed by atoms with Crippen LogP contribution in [-0.2, 0) is 4.74 Å². The van der Waals surface area contributed by atoms with Gasteiger partial charge in [-0.3, -0.25) is 0 Å². The molecule has 0 spiro atoms. The van der Waals surface area contributed by atoms with E-state index in [1.807, 2.05) is 6.07 Å². The molecule has 0 radical (unpaired) electrons. The fraction of sp³-hybridized carbons (Fsp3) is 0.364. The molecule has 3 aromatic rings. The Morgan fingerprint density at radius 1 is 1.12 bits per heavy atom. The van der Waals surface area contributed by atoms with Crippen LogP contribution in [0.1, 0.15) is 32.7 Å². The van der Waals surface area contributed by atoms with Crippen LogP contribution in [0.2, 0.25) is 10.0 Å². The van der Waals surface area contributed by atoms with Crippen LogP contribution in [0.5, 0.6) is 0 Å². The predicted octanol–water partition coefficient (Wildman–Crippen LogP) is 7.16. The van der Waals surface area contributed by atoms with Crippen LogP contribution in [-0.4, -0.2) is 26.5 Å². The molecular weight excluding hydrogens is 482 g/mol. The summed E-state index contributed by atoms with van der Waals surface area (Å²) in [7, 11) is 0. The van der Waals surface area contributed by atoms with Gasteiger partial charge in [-0.15, -0.1) is 5.10 Å². The minimum Gasteiger partial charge on any atom is -0.364 e. The molecule has 1 aliphatic heterocycles. The first-order valence-electron chi connectivity index (χ1n) is 10.1. The second-order valence-corrected chi connectivity index (χ2v) is 9.75.